The van der Waals surface area contributed by atoms with Crippen LogP contribution in [-0.4, -0.2) is 34.9 Å². The molecule has 110 valence electrons. The molecule has 20 heavy (non-hydrogen) atoms. The van der Waals surface area contributed by atoms with E-state index in [2.05, 4.69) is 30.4 Å². The molecular formula is C10H16N6O2S2. The van der Waals surface area contributed by atoms with Gasteiger partial charge in [0.05, 0.1) is 11.4 Å². The predicted octanol–water partition coefficient (Wildman–Crippen LogP) is 0.868. The third kappa shape index (κ3) is 3.32. The van der Waals surface area contributed by atoms with E-state index in [1.165, 1.54) is 5.51 Å². The molecule has 0 spiro atoms. The van der Waals surface area contributed by atoms with Crippen LogP contribution in [0.5, 0.6) is 0 Å². The van der Waals surface area contributed by atoms with Crippen molar-refractivity contribution in [1.82, 2.24) is 25.7 Å². The van der Waals surface area contributed by atoms with Gasteiger partial charge in [0.1, 0.15) is 10.4 Å². The maximum atomic E-state index is 12.4. The summed E-state index contributed by atoms with van der Waals surface area (Å²) in [5.74, 6) is 0. The van der Waals surface area contributed by atoms with Crippen LogP contribution in [0.2, 0.25) is 0 Å². The van der Waals surface area contributed by atoms with Crippen molar-refractivity contribution < 1.29 is 8.42 Å². The number of nitrogens with zero attached hydrogens (tertiary/aromatic N) is 3. The highest BCUT2D eigenvalue weighted by atomic mass is 32.2. The Labute approximate surface area is 121 Å². The molecule has 2 aromatic rings. The van der Waals surface area contributed by atoms with Crippen molar-refractivity contribution in [2.24, 2.45) is 0 Å². The van der Waals surface area contributed by atoms with Crippen molar-refractivity contribution in [3.63, 3.8) is 0 Å². The van der Waals surface area contributed by atoms with E-state index in [1.54, 1.807) is 6.92 Å². The zero-order valence-corrected chi connectivity index (χ0v) is 13.0. The predicted molar refractivity (Wildman–Crippen MR) is 76.0 cm³/mol. The molecule has 2 heterocycles. The Bertz CT molecular complexity index is 662. The lowest BCUT2D eigenvalue weighted by Crippen LogP contribution is -2.24. The summed E-state index contributed by atoms with van der Waals surface area (Å²) in [6, 6.07) is 0.235. The number of aromatic nitrogens is 4. The first-order valence-corrected chi connectivity index (χ1v) is 8.32. The quantitative estimate of drug-likeness (QED) is 0.729. The Morgan fingerprint density at radius 1 is 1.45 bits per heavy atom. The van der Waals surface area contributed by atoms with E-state index >= 15 is 0 Å². The van der Waals surface area contributed by atoms with Gasteiger partial charge in [0, 0.05) is 12.6 Å². The summed E-state index contributed by atoms with van der Waals surface area (Å²) < 4.78 is 27.2. The van der Waals surface area contributed by atoms with E-state index < -0.39 is 10.0 Å². The molecule has 0 amide bonds. The Balaban J connectivity index is 2.28. The van der Waals surface area contributed by atoms with E-state index in [0.717, 1.165) is 11.3 Å². The number of aromatic amines is 1. The number of hydrogen-bond donors (Lipinski definition) is 3. The van der Waals surface area contributed by atoms with Crippen LogP contribution in [0, 0.1) is 6.92 Å². The smallest absolute Gasteiger partial charge is 0.267 e. The summed E-state index contributed by atoms with van der Waals surface area (Å²) in [5.41, 5.74) is 2.40. The largest absolute Gasteiger partial charge is 0.309 e. The van der Waals surface area contributed by atoms with Gasteiger partial charge in [0.15, 0.2) is 0 Å². The van der Waals surface area contributed by atoms with Crippen molar-refractivity contribution in [3.8, 4) is 0 Å². The second-order valence-electron chi connectivity index (χ2n) is 4.51. The SMILES string of the molecule is Cc1[nH]nc(CNC(C)C)c1S(=O)(=O)Nc1nncs1. The maximum absolute atomic E-state index is 12.4. The highest BCUT2D eigenvalue weighted by Crippen LogP contribution is 2.21. The molecule has 0 unspecified atom stereocenters. The van der Waals surface area contributed by atoms with Gasteiger partial charge in [0.25, 0.3) is 10.0 Å². The Hall–Kier alpha value is -1.52. The van der Waals surface area contributed by atoms with Crippen LogP contribution in [0.1, 0.15) is 25.2 Å². The first kappa shape index (κ1) is 14.9. The molecule has 3 N–H and O–H groups in total. The molecule has 0 saturated heterocycles. The number of hydrogen-bond acceptors (Lipinski definition) is 7. The minimum atomic E-state index is -3.72. The molecule has 0 fully saturated rings. The lowest BCUT2D eigenvalue weighted by atomic mass is 10.3. The van der Waals surface area contributed by atoms with E-state index in [4.69, 9.17) is 0 Å². The summed E-state index contributed by atoms with van der Waals surface area (Å²) in [6.45, 7) is 6.00. The van der Waals surface area contributed by atoms with Crippen molar-refractivity contribution >= 4 is 26.5 Å². The maximum Gasteiger partial charge on any atom is 0.267 e. The molecule has 0 aliphatic heterocycles. The third-order valence-corrected chi connectivity index (χ3v) is 4.77. The number of rotatable bonds is 6. The van der Waals surface area contributed by atoms with Gasteiger partial charge in [-0.3, -0.25) is 9.82 Å². The molecule has 0 aliphatic carbocycles. The zero-order chi connectivity index (χ0) is 14.8. The molecule has 0 atom stereocenters. The Kier molecular flexibility index (Phi) is 4.35. The molecular weight excluding hydrogens is 300 g/mol. The molecule has 10 heteroatoms. The van der Waals surface area contributed by atoms with Crippen molar-refractivity contribution in [1.29, 1.82) is 0 Å². The molecule has 0 bridgehead atoms. The minimum Gasteiger partial charge on any atom is -0.309 e. The minimum absolute atomic E-state index is 0.154. The number of sulfonamides is 1. The summed E-state index contributed by atoms with van der Waals surface area (Å²) in [7, 11) is -3.72. The molecule has 0 aromatic carbocycles. The van der Waals surface area contributed by atoms with Gasteiger partial charge in [-0.15, -0.1) is 10.2 Å². The number of H-pyrrole nitrogens is 1. The van der Waals surface area contributed by atoms with Gasteiger partial charge >= 0.3 is 0 Å². The normalized spacial score (nSPS) is 12.0. The highest BCUT2D eigenvalue weighted by Gasteiger charge is 2.25. The van der Waals surface area contributed by atoms with Crippen molar-refractivity contribution in [3.05, 3.63) is 16.9 Å². The fourth-order valence-electron chi connectivity index (χ4n) is 1.63. The van der Waals surface area contributed by atoms with Crippen LogP contribution in [0.15, 0.2) is 10.4 Å². The standard InChI is InChI=1S/C10H16N6O2S2/c1-6(2)11-4-8-9(7(3)13-14-8)20(17,18)16-10-15-12-5-19-10/h5-6,11H,4H2,1-3H3,(H,13,14)(H,15,16). The second-order valence-corrected chi connectivity index (χ2v) is 6.96. The molecule has 0 radical (unpaired) electrons. The number of aryl methyl sites for hydroxylation is 1. The van der Waals surface area contributed by atoms with Crippen LogP contribution in [0.4, 0.5) is 5.13 Å². The highest BCUT2D eigenvalue weighted by molar-refractivity contribution is 7.93. The fourth-order valence-corrected chi connectivity index (χ4v) is 3.69. The van der Waals surface area contributed by atoms with E-state index in [9.17, 15) is 8.42 Å². The average molecular weight is 316 g/mol. The van der Waals surface area contributed by atoms with Gasteiger partial charge in [-0.2, -0.15) is 5.10 Å². The van der Waals surface area contributed by atoms with Crippen LogP contribution in [0.25, 0.3) is 0 Å². The van der Waals surface area contributed by atoms with Crippen LogP contribution in [0.3, 0.4) is 0 Å². The average Bonchev–Trinajstić information content (AvgIpc) is 2.95. The van der Waals surface area contributed by atoms with E-state index in [-0.39, 0.29) is 16.1 Å². The summed E-state index contributed by atoms with van der Waals surface area (Å²) >= 11 is 1.12. The van der Waals surface area contributed by atoms with Gasteiger partial charge in [-0.25, -0.2) is 8.42 Å². The van der Waals surface area contributed by atoms with E-state index in [0.29, 0.717) is 17.9 Å². The summed E-state index contributed by atoms with van der Waals surface area (Å²) in [4.78, 5) is 0.154. The molecule has 8 nitrogen and oxygen atoms in total. The summed E-state index contributed by atoms with van der Waals surface area (Å²) in [5, 5.41) is 17.4. The first-order chi connectivity index (χ1) is 9.40. The van der Waals surface area contributed by atoms with Gasteiger partial charge < -0.3 is 5.32 Å². The Morgan fingerprint density at radius 3 is 2.80 bits per heavy atom. The van der Waals surface area contributed by atoms with Crippen LogP contribution < -0.4 is 10.0 Å². The van der Waals surface area contributed by atoms with Gasteiger partial charge in [-0.05, 0) is 6.92 Å². The van der Waals surface area contributed by atoms with E-state index in [1.807, 2.05) is 13.8 Å². The lowest BCUT2D eigenvalue weighted by Gasteiger charge is -2.09. The monoisotopic (exact) mass is 316 g/mol. The van der Waals surface area contributed by atoms with Gasteiger partial charge in [-0.1, -0.05) is 25.2 Å². The molecule has 0 saturated carbocycles. The third-order valence-electron chi connectivity index (χ3n) is 2.49. The lowest BCUT2D eigenvalue weighted by molar-refractivity contribution is 0.570. The summed E-state index contributed by atoms with van der Waals surface area (Å²) in [6.07, 6.45) is 0. The van der Waals surface area contributed by atoms with Crippen molar-refractivity contribution in [2.45, 2.75) is 38.3 Å². The zero-order valence-electron chi connectivity index (χ0n) is 11.3. The first-order valence-electron chi connectivity index (χ1n) is 5.96. The van der Waals surface area contributed by atoms with Crippen LogP contribution >= 0.6 is 11.3 Å². The Morgan fingerprint density at radius 2 is 2.20 bits per heavy atom. The second kappa shape index (κ2) is 5.85. The van der Waals surface area contributed by atoms with Crippen LogP contribution in [-0.2, 0) is 16.6 Å². The fraction of sp³-hybridized carbons (Fsp3) is 0.500. The molecule has 2 rings (SSSR count). The van der Waals surface area contributed by atoms with Gasteiger partial charge in [0.2, 0.25) is 5.13 Å². The molecule has 0 aliphatic rings. The number of anilines is 1. The topological polar surface area (TPSA) is 113 Å². The number of nitrogens with one attached hydrogen (secondary N) is 3. The molecule has 2 aromatic heterocycles. The van der Waals surface area contributed by atoms with Crippen molar-refractivity contribution in [2.75, 3.05) is 4.72 Å².